The molecule has 0 spiro atoms. The third-order valence-electron chi connectivity index (χ3n) is 2.18. The number of hydrogen-bond acceptors (Lipinski definition) is 3. The molecule has 4 nitrogen and oxygen atoms in total. The van der Waals surface area contributed by atoms with Gasteiger partial charge in [-0.1, -0.05) is 6.08 Å². The zero-order valence-electron chi connectivity index (χ0n) is 10.9. The number of nitrogens with zero attached hydrogens (tertiary/aromatic N) is 1. The summed E-state index contributed by atoms with van der Waals surface area (Å²) in [6.07, 6.45) is 1.75. The Kier molecular flexibility index (Phi) is 7.01. The van der Waals surface area contributed by atoms with Crippen LogP contribution in [0.15, 0.2) is 12.7 Å². The Hall–Kier alpha value is -0.870. The molecule has 0 aromatic heterocycles. The molecule has 0 atom stereocenters. The number of carbonyl (C=O) groups excluding carboxylic acids is 1. The van der Waals surface area contributed by atoms with Crippen molar-refractivity contribution in [3.63, 3.8) is 0 Å². The average molecular weight is 228 g/mol. The molecular formula is C12H24N2O2. The summed E-state index contributed by atoms with van der Waals surface area (Å²) in [4.78, 5) is 13.7. The van der Waals surface area contributed by atoms with Crippen LogP contribution in [0, 0.1) is 0 Å². The summed E-state index contributed by atoms with van der Waals surface area (Å²) >= 11 is 0. The average Bonchev–Trinajstić information content (AvgIpc) is 2.19. The van der Waals surface area contributed by atoms with Crippen molar-refractivity contribution in [3.05, 3.63) is 12.7 Å². The molecule has 0 bridgehead atoms. The van der Waals surface area contributed by atoms with Crippen molar-refractivity contribution in [3.8, 4) is 0 Å². The van der Waals surface area contributed by atoms with E-state index in [1.807, 2.05) is 20.8 Å². The van der Waals surface area contributed by atoms with Gasteiger partial charge in [-0.15, -0.1) is 6.58 Å². The van der Waals surface area contributed by atoms with Crippen LogP contribution in [0.25, 0.3) is 0 Å². The van der Waals surface area contributed by atoms with Gasteiger partial charge >= 0.3 is 0 Å². The molecule has 16 heavy (non-hydrogen) atoms. The van der Waals surface area contributed by atoms with Gasteiger partial charge in [-0.3, -0.25) is 4.79 Å². The fourth-order valence-corrected chi connectivity index (χ4v) is 1.34. The van der Waals surface area contributed by atoms with E-state index in [0.717, 1.165) is 0 Å². The third kappa shape index (κ3) is 5.88. The number of rotatable bonds is 7. The lowest BCUT2D eigenvalue weighted by molar-refractivity contribution is -0.134. The van der Waals surface area contributed by atoms with Crippen molar-refractivity contribution in [2.45, 2.75) is 26.3 Å². The number of nitrogens with one attached hydrogen (secondary N) is 1. The van der Waals surface area contributed by atoms with Crippen LogP contribution in [0.3, 0.4) is 0 Å². The molecule has 0 aromatic carbocycles. The molecule has 94 valence electrons. The molecule has 0 unspecified atom stereocenters. The topological polar surface area (TPSA) is 41.6 Å². The van der Waals surface area contributed by atoms with Crippen molar-refractivity contribution in [1.29, 1.82) is 0 Å². The summed E-state index contributed by atoms with van der Waals surface area (Å²) in [7, 11) is 1.64. The largest absolute Gasteiger partial charge is 0.383 e. The maximum absolute atomic E-state index is 11.9. The van der Waals surface area contributed by atoms with Gasteiger partial charge < -0.3 is 15.0 Å². The van der Waals surface area contributed by atoms with Gasteiger partial charge in [0.1, 0.15) is 0 Å². The molecule has 0 saturated carbocycles. The highest BCUT2D eigenvalue weighted by atomic mass is 16.5. The smallest absolute Gasteiger partial charge is 0.237 e. The molecule has 0 aliphatic carbocycles. The Morgan fingerprint density at radius 2 is 2.12 bits per heavy atom. The number of amides is 1. The minimum absolute atomic E-state index is 0.0866. The fraction of sp³-hybridized carbons (Fsp3) is 0.750. The normalized spacial score (nSPS) is 11.2. The number of methoxy groups -OCH3 is 1. The zero-order valence-corrected chi connectivity index (χ0v) is 10.9. The van der Waals surface area contributed by atoms with Gasteiger partial charge in [-0.2, -0.15) is 0 Å². The van der Waals surface area contributed by atoms with E-state index < -0.39 is 0 Å². The first-order chi connectivity index (χ1) is 7.43. The Bertz CT molecular complexity index is 222. The van der Waals surface area contributed by atoms with Crippen molar-refractivity contribution >= 4 is 5.91 Å². The molecule has 0 saturated heterocycles. The van der Waals surface area contributed by atoms with Gasteiger partial charge in [0, 0.05) is 25.7 Å². The summed E-state index contributed by atoms with van der Waals surface area (Å²) in [6, 6.07) is 0. The predicted octanol–water partition coefficient (Wildman–Crippen LogP) is 1.04. The quantitative estimate of drug-likeness (QED) is 0.523. The lowest BCUT2D eigenvalue weighted by Crippen LogP contribution is -2.49. The van der Waals surface area contributed by atoms with Crippen LogP contribution in [0.5, 0.6) is 0 Å². The van der Waals surface area contributed by atoms with E-state index in [1.165, 1.54) is 0 Å². The molecular weight excluding hydrogens is 204 g/mol. The van der Waals surface area contributed by atoms with E-state index in [-0.39, 0.29) is 11.4 Å². The van der Waals surface area contributed by atoms with Crippen LogP contribution in [-0.2, 0) is 9.53 Å². The standard InChI is InChI=1S/C12H24N2O2/c1-6-8-14(12(2,3)4)11(15)10-13-7-9-16-5/h6,13H,1,7-10H2,2-5H3. The Balaban J connectivity index is 4.13. The van der Waals surface area contributed by atoms with Crippen molar-refractivity contribution in [1.82, 2.24) is 10.2 Å². The molecule has 4 heteroatoms. The van der Waals surface area contributed by atoms with Gasteiger partial charge in [-0.05, 0) is 20.8 Å². The lowest BCUT2D eigenvalue weighted by Gasteiger charge is -2.35. The summed E-state index contributed by atoms with van der Waals surface area (Å²) in [6.45, 7) is 11.9. The molecule has 1 amide bonds. The maximum Gasteiger partial charge on any atom is 0.237 e. The number of hydrogen-bond donors (Lipinski definition) is 1. The first-order valence-electron chi connectivity index (χ1n) is 5.54. The summed E-state index contributed by atoms with van der Waals surface area (Å²) < 4.78 is 4.90. The first kappa shape index (κ1) is 15.1. The molecule has 0 radical (unpaired) electrons. The number of ether oxygens (including phenoxy) is 1. The van der Waals surface area contributed by atoms with Crippen molar-refractivity contribution in [2.75, 3.05) is 33.4 Å². The van der Waals surface area contributed by atoms with Crippen molar-refractivity contribution in [2.24, 2.45) is 0 Å². The van der Waals surface area contributed by atoms with E-state index in [0.29, 0.717) is 26.2 Å². The van der Waals surface area contributed by atoms with Gasteiger partial charge in [0.25, 0.3) is 0 Å². The summed E-state index contributed by atoms with van der Waals surface area (Å²) in [5, 5.41) is 3.05. The van der Waals surface area contributed by atoms with Crippen LogP contribution in [0.2, 0.25) is 0 Å². The van der Waals surface area contributed by atoms with Gasteiger partial charge in [0.15, 0.2) is 0 Å². The lowest BCUT2D eigenvalue weighted by atomic mass is 10.1. The highest BCUT2D eigenvalue weighted by Crippen LogP contribution is 2.12. The van der Waals surface area contributed by atoms with Crippen molar-refractivity contribution < 1.29 is 9.53 Å². The van der Waals surface area contributed by atoms with Crippen LogP contribution in [0.4, 0.5) is 0 Å². The molecule has 0 aliphatic rings. The van der Waals surface area contributed by atoms with Crippen LogP contribution < -0.4 is 5.32 Å². The van der Waals surface area contributed by atoms with Crippen LogP contribution >= 0.6 is 0 Å². The molecule has 0 aromatic rings. The Morgan fingerprint density at radius 3 is 2.56 bits per heavy atom. The van der Waals surface area contributed by atoms with E-state index in [2.05, 4.69) is 11.9 Å². The Morgan fingerprint density at radius 1 is 1.50 bits per heavy atom. The summed E-state index contributed by atoms with van der Waals surface area (Å²) in [5.41, 5.74) is -0.172. The van der Waals surface area contributed by atoms with Gasteiger partial charge in [0.2, 0.25) is 5.91 Å². The monoisotopic (exact) mass is 228 g/mol. The van der Waals surface area contributed by atoms with E-state index in [1.54, 1.807) is 18.1 Å². The minimum Gasteiger partial charge on any atom is -0.383 e. The first-order valence-corrected chi connectivity index (χ1v) is 5.54. The molecule has 0 heterocycles. The van der Waals surface area contributed by atoms with Gasteiger partial charge in [0.05, 0.1) is 13.2 Å². The molecule has 0 rings (SSSR count). The predicted molar refractivity (Wildman–Crippen MR) is 66.4 cm³/mol. The molecule has 0 fully saturated rings. The van der Waals surface area contributed by atoms with Gasteiger partial charge in [-0.25, -0.2) is 0 Å². The second-order valence-corrected chi connectivity index (χ2v) is 4.63. The second-order valence-electron chi connectivity index (χ2n) is 4.63. The highest BCUT2D eigenvalue weighted by Gasteiger charge is 2.24. The van der Waals surface area contributed by atoms with Crippen LogP contribution in [-0.4, -0.2) is 49.7 Å². The van der Waals surface area contributed by atoms with E-state index in [9.17, 15) is 4.79 Å². The number of carbonyl (C=O) groups is 1. The fourth-order valence-electron chi connectivity index (χ4n) is 1.34. The van der Waals surface area contributed by atoms with E-state index in [4.69, 9.17) is 4.74 Å². The highest BCUT2D eigenvalue weighted by molar-refractivity contribution is 5.79. The van der Waals surface area contributed by atoms with Crippen LogP contribution in [0.1, 0.15) is 20.8 Å². The Labute approximate surface area is 98.6 Å². The molecule has 1 N–H and O–H groups in total. The minimum atomic E-state index is -0.172. The SMILES string of the molecule is C=CCN(C(=O)CNCCOC)C(C)(C)C. The zero-order chi connectivity index (χ0) is 12.6. The van der Waals surface area contributed by atoms with E-state index >= 15 is 0 Å². The third-order valence-corrected chi connectivity index (χ3v) is 2.18. The second kappa shape index (κ2) is 7.41. The molecule has 0 aliphatic heterocycles. The summed E-state index contributed by atoms with van der Waals surface area (Å²) in [5.74, 6) is 0.0866. The maximum atomic E-state index is 11.9.